The lowest BCUT2D eigenvalue weighted by Crippen LogP contribution is -2.52. The molecule has 0 aromatic rings. The van der Waals surface area contributed by atoms with E-state index < -0.39 is 17.8 Å². The van der Waals surface area contributed by atoms with Crippen LogP contribution in [0.5, 0.6) is 0 Å². The number of aliphatic hydroxyl groups is 1. The summed E-state index contributed by atoms with van der Waals surface area (Å²) in [6.07, 6.45) is -4.77. The number of nitrogens with one attached hydrogen (secondary N) is 1. The molecule has 0 unspecified atom stereocenters. The highest BCUT2D eigenvalue weighted by atomic mass is 19.4. The summed E-state index contributed by atoms with van der Waals surface area (Å²) in [5.74, 6) is 0. The summed E-state index contributed by atoms with van der Waals surface area (Å²) in [5.41, 5.74) is -2.52. The van der Waals surface area contributed by atoms with Crippen molar-refractivity contribution in [3.63, 3.8) is 0 Å². The van der Waals surface area contributed by atoms with Gasteiger partial charge in [0.05, 0.1) is 0 Å². The minimum Gasteiger partial charge on any atom is -0.379 e. The highest BCUT2D eigenvalue weighted by molar-refractivity contribution is 5.00. The van der Waals surface area contributed by atoms with Crippen LogP contribution in [0.4, 0.5) is 13.2 Å². The van der Waals surface area contributed by atoms with Gasteiger partial charge in [-0.05, 0) is 19.9 Å². The van der Waals surface area contributed by atoms with Crippen LogP contribution < -0.4 is 5.32 Å². The lowest BCUT2D eigenvalue weighted by Gasteiger charge is -2.29. The molecular weight excluding hydrogens is 159 g/mol. The Hall–Kier alpha value is -0.290. The minimum atomic E-state index is -4.52. The van der Waals surface area contributed by atoms with Gasteiger partial charge in [0, 0.05) is 6.04 Å². The van der Waals surface area contributed by atoms with Gasteiger partial charge in [-0.2, -0.15) is 13.2 Å². The van der Waals surface area contributed by atoms with Crippen LogP contribution in [0.25, 0.3) is 0 Å². The second-order valence-corrected chi connectivity index (χ2v) is 2.85. The Morgan fingerprint density at radius 1 is 1.55 bits per heavy atom. The Morgan fingerprint density at radius 2 is 2.09 bits per heavy atom. The van der Waals surface area contributed by atoms with Gasteiger partial charge in [0.25, 0.3) is 0 Å². The molecule has 1 aliphatic rings. The van der Waals surface area contributed by atoms with Gasteiger partial charge in [0.15, 0.2) is 5.60 Å². The quantitative estimate of drug-likeness (QED) is 0.558. The molecule has 1 saturated heterocycles. The molecule has 11 heavy (non-hydrogen) atoms. The fourth-order valence-corrected chi connectivity index (χ4v) is 1.25. The molecule has 1 aliphatic heterocycles. The lowest BCUT2D eigenvalue weighted by molar-refractivity contribution is -0.261. The Labute approximate surface area is 62.4 Å². The largest absolute Gasteiger partial charge is 0.418 e. The van der Waals surface area contributed by atoms with Crippen molar-refractivity contribution in [3.05, 3.63) is 0 Å². The Balaban J connectivity index is 2.81. The first-order chi connectivity index (χ1) is 4.88. The van der Waals surface area contributed by atoms with Crippen molar-refractivity contribution in [3.8, 4) is 0 Å². The van der Waals surface area contributed by atoms with Gasteiger partial charge in [-0.25, -0.2) is 0 Å². The van der Waals surface area contributed by atoms with E-state index in [1.54, 1.807) is 0 Å². The molecule has 2 nitrogen and oxygen atoms in total. The van der Waals surface area contributed by atoms with Gasteiger partial charge in [-0.1, -0.05) is 0 Å². The monoisotopic (exact) mass is 169 g/mol. The smallest absolute Gasteiger partial charge is 0.379 e. The van der Waals surface area contributed by atoms with Crippen molar-refractivity contribution in [1.29, 1.82) is 0 Å². The zero-order chi connectivity index (χ0) is 8.70. The van der Waals surface area contributed by atoms with Crippen LogP contribution in [0, 0.1) is 0 Å². The standard InChI is InChI=1S/C6H10F3NO/c1-4-5(11,2-3-10-4)6(7,8)9/h4,10-11H,2-3H2,1H3/t4-,5-/m0/s1. The summed E-state index contributed by atoms with van der Waals surface area (Å²) >= 11 is 0. The molecule has 0 aromatic heterocycles. The van der Waals surface area contributed by atoms with Gasteiger partial charge >= 0.3 is 6.18 Å². The van der Waals surface area contributed by atoms with E-state index in [0.29, 0.717) is 0 Å². The molecule has 1 rings (SSSR count). The molecule has 66 valence electrons. The predicted molar refractivity (Wildman–Crippen MR) is 33.1 cm³/mol. The van der Waals surface area contributed by atoms with E-state index in [9.17, 15) is 13.2 Å². The molecule has 2 atom stereocenters. The first-order valence-corrected chi connectivity index (χ1v) is 3.40. The third-order valence-electron chi connectivity index (χ3n) is 2.16. The summed E-state index contributed by atoms with van der Waals surface area (Å²) in [4.78, 5) is 0. The van der Waals surface area contributed by atoms with Crippen molar-refractivity contribution in [2.75, 3.05) is 6.54 Å². The predicted octanol–water partition coefficient (Wildman–Crippen LogP) is 0.662. The van der Waals surface area contributed by atoms with Gasteiger partial charge in [-0.15, -0.1) is 0 Å². The summed E-state index contributed by atoms with van der Waals surface area (Å²) < 4.78 is 36.3. The van der Waals surface area contributed by atoms with E-state index >= 15 is 0 Å². The van der Waals surface area contributed by atoms with Crippen LogP contribution in [0.2, 0.25) is 0 Å². The fourth-order valence-electron chi connectivity index (χ4n) is 1.25. The molecule has 0 amide bonds. The Bertz CT molecular complexity index is 158. The third kappa shape index (κ3) is 1.22. The maximum atomic E-state index is 12.1. The number of hydrogen-bond acceptors (Lipinski definition) is 2. The molecule has 0 radical (unpaired) electrons. The number of halogens is 3. The molecule has 0 aromatic carbocycles. The van der Waals surface area contributed by atoms with Crippen LogP contribution >= 0.6 is 0 Å². The molecule has 1 heterocycles. The zero-order valence-corrected chi connectivity index (χ0v) is 6.07. The summed E-state index contributed by atoms with van der Waals surface area (Å²) in [7, 11) is 0. The number of rotatable bonds is 0. The van der Waals surface area contributed by atoms with Crippen molar-refractivity contribution >= 4 is 0 Å². The molecule has 2 N–H and O–H groups in total. The average molecular weight is 169 g/mol. The molecule has 0 spiro atoms. The van der Waals surface area contributed by atoms with Crippen molar-refractivity contribution in [2.24, 2.45) is 0 Å². The fraction of sp³-hybridized carbons (Fsp3) is 1.00. The Kier molecular flexibility index (Phi) is 1.88. The second-order valence-electron chi connectivity index (χ2n) is 2.85. The third-order valence-corrected chi connectivity index (χ3v) is 2.16. The number of alkyl halides is 3. The first-order valence-electron chi connectivity index (χ1n) is 3.40. The Morgan fingerprint density at radius 3 is 2.27 bits per heavy atom. The van der Waals surface area contributed by atoms with E-state index in [1.807, 2.05) is 0 Å². The normalized spacial score (nSPS) is 39.5. The summed E-state index contributed by atoms with van der Waals surface area (Å²) in [6.45, 7) is 1.55. The SMILES string of the molecule is C[C@@H]1NCC[C@@]1(O)C(F)(F)F. The van der Waals surface area contributed by atoms with Crippen LogP contribution in [-0.4, -0.2) is 29.5 Å². The maximum absolute atomic E-state index is 12.1. The van der Waals surface area contributed by atoms with Crippen molar-refractivity contribution in [2.45, 2.75) is 31.2 Å². The summed E-state index contributed by atoms with van der Waals surface area (Å²) in [6, 6.07) is -0.900. The van der Waals surface area contributed by atoms with Gasteiger partial charge < -0.3 is 10.4 Å². The first kappa shape index (κ1) is 8.80. The lowest BCUT2D eigenvalue weighted by atomic mass is 9.96. The van der Waals surface area contributed by atoms with E-state index in [1.165, 1.54) is 6.92 Å². The molecule has 0 bridgehead atoms. The van der Waals surface area contributed by atoms with Crippen LogP contribution in [0.15, 0.2) is 0 Å². The van der Waals surface area contributed by atoms with Crippen LogP contribution in [0.3, 0.4) is 0 Å². The number of hydrogen-bond donors (Lipinski definition) is 2. The van der Waals surface area contributed by atoms with E-state index in [4.69, 9.17) is 5.11 Å². The van der Waals surface area contributed by atoms with E-state index in [0.717, 1.165) is 0 Å². The van der Waals surface area contributed by atoms with Gasteiger partial charge in [0.1, 0.15) is 0 Å². The zero-order valence-electron chi connectivity index (χ0n) is 6.07. The molecule has 0 aliphatic carbocycles. The van der Waals surface area contributed by atoms with E-state index in [2.05, 4.69) is 5.32 Å². The minimum absolute atomic E-state index is 0.219. The van der Waals surface area contributed by atoms with Crippen molar-refractivity contribution < 1.29 is 18.3 Å². The molecule has 1 fully saturated rings. The van der Waals surface area contributed by atoms with Crippen LogP contribution in [0.1, 0.15) is 13.3 Å². The maximum Gasteiger partial charge on any atom is 0.418 e. The van der Waals surface area contributed by atoms with E-state index in [-0.39, 0.29) is 13.0 Å². The van der Waals surface area contributed by atoms with Gasteiger partial charge in [-0.3, -0.25) is 0 Å². The van der Waals surface area contributed by atoms with Gasteiger partial charge in [0.2, 0.25) is 0 Å². The molecule has 5 heteroatoms. The highest BCUT2D eigenvalue weighted by Gasteiger charge is 2.58. The van der Waals surface area contributed by atoms with Crippen LogP contribution in [-0.2, 0) is 0 Å². The molecular formula is C6H10F3NO. The second kappa shape index (κ2) is 2.35. The van der Waals surface area contributed by atoms with Crippen molar-refractivity contribution in [1.82, 2.24) is 5.32 Å². The molecule has 0 saturated carbocycles. The highest BCUT2D eigenvalue weighted by Crippen LogP contribution is 2.38. The topological polar surface area (TPSA) is 32.3 Å². The average Bonchev–Trinajstić information content (AvgIpc) is 2.12. The summed E-state index contributed by atoms with van der Waals surface area (Å²) in [5, 5.41) is 11.7.